The smallest absolute Gasteiger partial charge is 0.305 e. The van der Waals surface area contributed by atoms with Gasteiger partial charge in [-0.15, -0.1) is 0 Å². The molecule has 5 heteroatoms. The molecular formula is C8H8FNO3. The topological polar surface area (TPSA) is 52.4 Å². The Bertz CT molecular complexity index is 327. The van der Waals surface area contributed by atoms with Crippen LogP contribution in [0.2, 0.25) is 0 Å². The van der Waals surface area contributed by atoms with Gasteiger partial charge < -0.3 is 4.74 Å². The molecule has 4 nitrogen and oxygen atoms in total. The lowest BCUT2D eigenvalue weighted by atomic mass is 10.2. The first-order chi connectivity index (χ1) is 6.16. The normalized spacial score (nSPS) is 10.0. The quantitative estimate of drug-likeness (QED) is 0.533. The molecule has 0 amide bonds. The molecule has 0 bridgehead atoms. The van der Waals surface area contributed by atoms with E-state index in [1.54, 1.807) is 0 Å². The molecule has 70 valence electrons. The van der Waals surface area contributed by atoms with Crippen LogP contribution in [0.1, 0.15) is 5.56 Å². The third kappa shape index (κ3) is 2.00. The van der Waals surface area contributed by atoms with Gasteiger partial charge >= 0.3 is 5.69 Å². The summed E-state index contributed by atoms with van der Waals surface area (Å²) in [6, 6.07) is 4.00. The molecule has 1 aromatic rings. The predicted octanol–water partition coefficient (Wildman–Crippen LogP) is 1.88. The molecule has 1 rings (SSSR count). The maximum atomic E-state index is 13.2. The highest BCUT2D eigenvalue weighted by Crippen LogP contribution is 2.20. The number of ether oxygens (including phenoxy) is 1. The minimum absolute atomic E-state index is 0.0352. The monoisotopic (exact) mass is 185 g/mol. The summed E-state index contributed by atoms with van der Waals surface area (Å²) in [5.74, 6) is -0.825. The van der Waals surface area contributed by atoms with Gasteiger partial charge in [0.05, 0.1) is 11.5 Å². The Kier molecular flexibility index (Phi) is 2.92. The number of hydrogen-bond acceptors (Lipinski definition) is 3. The second-order valence-electron chi connectivity index (χ2n) is 2.44. The molecule has 0 aliphatic heterocycles. The first-order valence-corrected chi connectivity index (χ1v) is 3.57. The predicted molar refractivity (Wildman–Crippen MR) is 43.8 cm³/mol. The van der Waals surface area contributed by atoms with Crippen LogP contribution in [0, 0.1) is 15.9 Å². The number of nitro groups is 1. The first-order valence-electron chi connectivity index (χ1n) is 3.57. The lowest BCUT2D eigenvalue weighted by Crippen LogP contribution is -1.98. The largest absolute Gasteiger partial charge is 0.380 e. The molecule has 0 aliphatic carbocycles. The van der Waals surface area contributed by atoms with Crippen LogP contribution in [0.3, 0.4) is 0 Å². The molecule has 0 fully saturated rings. The number of halogens is 1. The summed E-state index contributed by atoms with van der Waals surface area (Å²) in [5, 5.41) is 10.3. The number of rotatable bonds is 3. The number of nitrogens with zero attached hydrogens (tertiary/aromatic N) is 1. The van der Waals surface area contributed by atoms with Crippen molar-refractivity contribution in [2.24, 2.45) is 0 Å². The van der Waals surface area contributed by atoms with Crippen LogP contribution in [-0.4, -0.2) is 12.0 Å². The number of hydrogen-bond donors (Lipinski definition) is 0. The Hall–Kier alpha value is -1.49. The molecule has 0 unspecified atom stereocenters. The summed E-state index contributed by atoms with van der Waals surface area (Å²) >= 11 is 0. The van der Waals surface area contributed by atoms with Gasteiger partial charge in [-0.05, 0) is 0 Å². The minimum atomic E-state index is -0.825. The zero-order valence-electron chi connectivity index (χ0n) is 6.99. The van der Waals surface area contributed by atoms with E-state index in [1.165, 1.54) is 19.2 Å². The Morgan fingerprint density at radius 1 is 1.62 bits per heavy atom. The molecule has 1 aromatic carbocycles. The van der Waals surface area contributed by atoms with Crippen LogP contribution < -0.4 is 0 Å². The Balaban J connectivity index is 3.10. The zero-order chi connectivity index (χ0) is 9.84. The van der Waals surface area contributed by atoms with Crippen molar-refractivity contribution in [2.75, 3.05) is 7.11 Å². The van der Waals surface area contributed by atoms with E-state index in [0.717, 1.165) is 6.07 Å². The third-order valence-electron chi connectivity index (χ3n) is 1.55. The molecule has 0 saturated heterocycles. The van der Waals surface area contributed by atoms with E-state index in [-0.39, 0.29) is 12.2 Å². The molecule has 0 spiro atoms. The van der Waals surface area contributed by atoms with E-state index in [9.17, 15) is 14.5 Å². The molecular weight excluding hydrogens is 177 g/mol. The van der Waals surface area contributed by atoms with Crippen LogP contribution in [0.15, 0.2) is 18.2 Å². The fourth-order valence-corrected chi connectivity index (χ4v) is 0.974. The fourth-order valence-electron chi connectivity index (χ4n) is 0.974. The Morgan fingerprint density at radius 2 is 2.31 bits per heavy atom. The van der Waals surface area contributed by atoms with E-state index in [1.807, 2.05) is 0 Å². The van der Waals surface area contributed by atoms with Crippen molar-refractivity contribution in [3.05, 3.63) is 39.7 Å². The van der Waals surface area contributed by atoms with Crippen molar-refractivity contribution in [3.63, 3.8) is 0 Å². The summed E-state index contributed by atoms with van der Waals surface area (Å²) < 4.78 is 17.9. The van der Waals surface area contributed by atoms with Gasteiger partial charge in [0.2, 0.25) is 5.82 Å². The van der Waals surface area contributed by atoms with Crippen molar-refractivity contribution in [1.29, 1.82) is 0 Å². The van der Waals surface area contributed by atoms with E-state index in [2.05, 4.69) is 4.74 Å². The standard InChI is InChI=1S/C8H8FNO3/c1-13-5-6-3-2-4-7(8(6)9)10(11)12/h2-4H,5H2,1H3. The summed E-state index contributed by atoms with van der Waals surface area (Å²) in [6.45, 7) is 0.0352. The van der Waals surface area contributed by atoms with Gasteiger partial charge in [0.1, 0.15) is 0 Å². The Morgan fingerprint density at radius 3 is 2.85 bits per heavy atom. The van der Waals surface area contributed by atoms with Crippen LogP contribution in [0.4, 0.5) is 10.1 Å². The summed E-state index contributed by atoms with van der Waals surface area (Å²) in [6.07, 6.45) is 0. The molecule has 0 atom stereocenters. The lowest BCUT2D eigenvalue weighted by Gasteiger charge is -2.00. The van der Waals surface area contributed by atoms with Crippen LogP contribution in [-0.2, 0) is 11.3 Å². The van der Waals surface area contributed by atoms with Crippen molar-refractivity contribution < 1.29 is 14.1 Å². The van der Waals surface area contributed by atoms with Crippen molar-refractivity contribution in [1.82, 2.24) is 0 Å². The molecule has 0 heterocycles. The van der Waals surface area contributed by atoms with Crippen LogP contribution in [0.5, 0.6) is 0 Å². The van der Waals surface area contributed by atoms with Gasteiger partial charge in [-0.3, -0.25) is 10.1 Å². The molecule has 0 radical (unpaired) electrons. The summed E-state index contributed by atoms with van der Waals surface area (Å²) in [7, 11) is 1.40. The van der Waals surface area contributed by atoms with Gasteiger partial charge in [-0.25, -0.2) is 0 Å². The highest BCUT2D eigenvalue weighted by molar-refractivity contribution is 5.36. The van der Waals surface area contributed by atoms with Gasteiger partial charge in [-0.1, -0.05) is 12.1 Å². The third-order valence-corrected chi connectivity index (χ3v) is 1.55. The SMILES string of the molecule is COCc1cccc([N+](=O)[O-])c1F. The average Bonchev–Trinajstić information content (AvgIpc) is 2.08. The molecule has 0 aliphatic rings. The highest BCUT2D eigenvalue weighted by Gasteiger charge is 2.16. The minimum Gasteiger partial charge on any atom is -0.380 e. The second kappa shape index (κ2) is 3.95. The molecule has 0 N–H and O–H groups in total. The van der Waals surface area contributed by atoms with Crippen molar-refractivity contribution in [3.8, 4) is 0 Å². The van der Waals surface area contributed by atoms with E-state index in [4.69, 9.17) is 0 Å². The summed E-state index contributed by atoms with van der Waals surface area (Å²) in [5.41, 5.74) is -0.328. The van der Waals surface area contributed by atoms with Crippen molar-refractivity contribution >= 4 is 5.69 Å². The second-order valence-corrected chi connectivity index (χ2v) is 2.44. The summed E-state index contributed by atoms with van der Waals surface area (Å²) in [4.78, 5) is 9.55. The molecule has 0 aromatic heterocycles. The van der Waals surface area contributed by atoms with Crippen LogP contribution in [0.25, 0.3) is 0 Å². The zero-order valence-corrected chi connectivity index (χ0v) is 6.99. The average molecular weight is 185 g/mol. The molecule has 0 saturated carbocycles. The maximum absolute atomic E-state index is 13.2. The van der Waals surface area contributed by atoms with Crippen molar-refractivity contribution in [2.45, 2.75) is 6.61 Å². The maximum Gasteiger partial charge on any atom is 0.305 e. The Labute approximate surface area is 74.1 Å². The van der Waals surface area contributed by atoms with Gasteiger partial charge in [0.25, 0.3) is 0 Å². The lowest BCUT2D eigenvalue weighted by molar-refractivity contribution is -0.387. The van der Waals surface area contributed by atoms with E-state index >= 15 is 0 Å². The number of nitro benzene ring substituents is 1. The fraction of sp³-hybridized carbons (Fsp3) is 0.250. The van der Waals surface area contributed by atoms with Gasteiger partial charge in [-0.2, -0.15) is 4.39 Å². The van der Waals surface area contributed by atoms with Gasteiger partial charge in [0.15, 0.2) is 0 Å². The first kappa shape index (κ1) is 9.60. The van der Waals surface area contributed by atoms with E-state index < -0.39 is 16.4 Å². The van der Waals surface area contributed by atoms with E-state index in [0.29, 0.717) is 0 Å². The molecule has 13 heavy (non-hydrogen) atoms. The highest BCUT2D eigenvalue weighted by atomic mass is 19.1. The van der Waals surface area contributed by atoms with Crippen LogP contribution >= 0.6 is 0 Å². The number of methoxy groups -OCH3 is 1. The van der Waals surface area contributed by atoms with Gasteiger partial charge in [0, 0.05) is 18.7 Å². The number of benzene rings is 1.